The second kappa shape index (κ2) is 5.18. The van der Waals surface area contributed by atoms with Gasteiger partial charge in [-0.3, -0.25) is 0 Å². The summed E-state index contributed by atoms with van der Waals surface area (Å²) >= 11 is 0. The van der Waals surface area contributed by atoms with Crippen molar-refractivity contribution in [2.24, 2.45) is 0 Å². The first-order chi connectivity index (χ1) is 10.4. The number of halogens is 5. The van der Waals surface area contributed by atoms with Crippen LogP contribution in [0.25, 0.3) is 10.8 Å². The van der Waals surface area contributed by atoms with Crippen LogP contribution >= 0.6 is 0 Å². The van der Waals surface area contributed by atoms with E-state index in [4.69, 9.17) is 10.2 Å². The molecule has 0 heterocycles. The van der Waals surface area contributed by atoms with E-state index >= 15 is 0 Å². The highest BCUT2D eigenvalue weighted by Gasteiger charge is 2.58. The molecule has 0 fully saturated rings. The molecule has 2 aromatic rings. The molecule has 2 aromatic carbocycles. The number of rotatable bonds is 3. The smallest absolute Gasteiger partial charge is 0.458 e. The van der Waals surface area contributed by atoms with Crippen LogP contribution in [0.5, 0.6) is 0 Å². The van der Waals surface area contributed by atoms with Crippen LogP contribution in [0.3, 0.4) is 0 Å². The Morgan fingerprint density at radius 2 is 1.26 bits per heavy atom. The third kappa shape index (κ3) is 2.81. The fourth-order valence-corrected chi connectivity index (χ4v) is 2.01. The molecule has 2 N–H and O–H groups in total. The van der Waals surface area contributed by atoms with Gasteiger partial charge in [0, 0.05) is 5.56 Å². The van der Waals surface area contributed by atoms with Crippen molar-refractivity contribution in [1.82, 2.24) is 0 Å². The average molecular weight is 334 g/mol. The van der Waals surface area contributed by atoms with Gasteiger partial charge in [0.15, 0.2) is 0 Å². The van der Waals surface area contributed by atoms with Gasteiger partial charge in [0.05, 0.1) is 11.1 Å². The molecular weight excluding hydrogens is 327 g/mol. The number of hydrogen-bond donors (Lipinski definition) is 2. The van der Waals surface area contributed by atoms with Gasteiger partial charge in [0.1, 0.15) is 0 Å². The standard InChI is InChI=1S/C14H7F5O4/c15-13(16,14(17,18)19)8-2-1-6-4-9(11(20)21)10(12(22)23)5-7(6)3-8/h1-5H,(H,20,21)(H,22,23). The zero-order valence-electron chi connectivity index (χ0n) is 11.0. The Morgan fingerprint density at radius 1 is 0.783 bits per heavy atom. The molecule has 0 amide bonds. The molecule has 23 heavy (non-hydrogen) atoms. The van der Waals surface area contributed by atoms with Crippen molar-refractivity contribution in [3.63, 3.8) is 0 Å². The number of alkyl halides is 5. The molecule has 0 bridgehead atoms. The monoisotopic (exact) mass is 334 g/mol. The lowest BCUT2D eigenvalue weighted by Gasteiger charge is -2.20. The Bertz CT molecular complexity index is 811. The number of benzene rings is 2. The van der Waals surface area contributed by atoms with Gasteiger partial charge in [-0.1, -0.05) is 12.1 Å². The Labute approximate surface area is 124 Å². The van der Waals surface area contributed by atoms with Gasteiger partial charge in [-0.15, -0.1) is 0 Å². The van der Waals surface area contributed by atoms with E-state index in [1.807, 2.05) is 0 Å². The minimum absolute atomic E-state index is 0.0223. The molecule has 0 saturated heterocycles. The third-order valence-corrected chi connectivity index (χ3v) is 3.16. The summed E-state index contributed by atoms with van der Waals surface area (Å²) < 4.78 is 63.8. The van der Waals surface area contributed by atoms with Crippen molar-refractivity contribution >= 4 is 22.7 Å². The van der Waals surface area contributed by atoms with Gasteiger partial charge in [0.2, 0.25) is 0 Å². The van der Waals surface area contributed by atoms with Crippen LogP contribution < -0.4 is 0 Å². The lowest BCUT2D eigenvalue weighted by molar-refractivity contribution is -0.289. The highest BCUT2D eigenvalue weighted by Crippen LogP contribution is 2.44. The molecule has 0 saturated carbocycles. The number of carbonyl (C=O) groups is 2. The Kier molecular flexibility index (Phi) is 3.75. The third-order valence-electron chi connectivity index (χ3n) is 3.16. The maximum Gasteiger partial charge on any atom is 0.458 e. The SMILES string of the molecule is O=C(O)c1cc2ccc(C(F)(F)C(F)(F)F)cc2cc1C(=O)O. The van der Waals surface area contributed by atoms with Gasteiger partial charge in [0.25, 0.3) is 0 Å². The van der Waals surface area contributed by atoms with Crippen molar-refractivity contribution in [2.45, 2.75) is 12.1 Å². The molecule has 0 aliphatic heterocycles. The van der Waals surface area contributed by atoms with Crippen molar-refractivity contribution in [2.75, 3.05) is 0 Å². The molecule has 9 heteroatoms. The minimum Gasteiger partial charge on any atom is -0.478 e. The van der Waals surface area contributed by atoms with E-state index in [9.17, 15) is 31.5 Å². The normalized spacial score (nSPS) is 12.4. The van der Waals surface area contributed by atoms with Gasteiger partial charge < -0.3 is 10.2 Å². The Hall–Kier alpha value is -2.71. The van der Waals surface area contributed by atoms with E-state index in [1.54, 1.807) is 0 Å². The van der Waals surface area contributed by atoms with E-state index in [1.165, 1.54) is 0 Å². The molecule has 4 nitrogen and oxygen atoms in total. The minimum atomic E-state index is -5.81. The fourth-order valence-electron chi connectivity index (χ4n) is 2.01. The lowest BCUT2D eigenvalue weighted by Crippen LogP contribution is -2.33. The zero-order chi connectivity index (χ0) is 17.6. The first-order valence-electron chi connectivity index (χ1n) is 5.94. The molecule has 0 radical (unpaired) electrons. The van der Waals surface area contributed by atoms with E-state index in [2.05, 4.69) is 0 Å². The first-order valence-corrected chi connectivity index (χ1v) is 5.94. The second-order valence-corrected chi connectivity index (χ2v) is 4.64. The molecule has 0 aliphatic rings. The van der Waals surface area contributed by atoms with Crippen molar-refractivity contribution in [3.05, 3.63) is 47.0 Å². The van der Waals surface area contributed by atoms with E-state index in [-0.39, 0.29) is 10.8 Å². The van der Waals surface area contributed by atoms with Crippen LogP contribution in [0, 0.1) is 0 Å². The first kappa shape index (κ1) is 16.7. The summed E-state index contributed by atoms with van der Waals surface area (Å²) in [5.41, 5.74) is -2.67. The number of fused-ring (bicyclic) bond motifs is 1. The molecule has 0 atom stereocenters. The molecule has 122 valence electrons. The van der Waals surface area contributed by atoms with Crippen molar-refractivity contribution in [3.8, 4) is 0 Å². The van der Waals surface area contributed by atoms with Crippen LogP contribution in [0.2, 0.25) is 0 Å². The summed E-state index contributed by atoms with van der Waals surface area (Å²) in [5, 5.41) is 17.7. The van der Waals surface area contributed by atoms with Crippen LogP contribution in [0.1, 0.15) is 26.3 Å². The van der Waals surface area contributed by atoms with Gasteiger partial charge in [-0.05, 0) is 29.0 Å². The molecule has 0 aromatic heterocycles. The van der Waals surface area contributed by atoms with Crippen LogP contribution in [0.4, 0.5) is 22.0 Å². The molecule has 2 rings (SSSR count). The number of carboxylic acid groups (broad SMARTS) is 2. The van der Waals surface area contributed by atoms with Gasteiger partial charge >= 0.3 is 24.0 Å². The maximum absolute atomic E-state index is 13.3. The summed E-state index contributed by atoms with van der Waals surface area (Å²) in [6.07, 6.45) is -5.81. The van der Waals surface area contributed by atoms with E-state index in [0.717, 1.165) is 18.2 Å². The Balaban J connectivity index is 2.72. The molecule has 0 aliphatic carbocycles. The van der Waals surface area contributed by atoms with Crippen LogP contribution in [-0.2, 0) is 5.92 Å². The van der Waals surface area contributed by atoms with Gasteiger partial charge in [-0.25, -0.2) is 9.59 Å². The Morgan fingerprint density at radius 3 is 1.70 bits per heavy atom. The topological polar surface area (TPSA) is 74.6 Å². The lowest BCUT2D eigenvalue weighted by atomic mass is 9.97. The van der Waals surface area contributed by atoms with Crippen LogP contribution in [0.15, 0.2) is 30.3 Å². The van der Waals surface area contributed by atoms with E-state index in [0.29, 0.717) is 12.1 Å². The quantitative estimate of drug-likeness (QED) is 0.835. The van der Waals surface area contributed by atoms with Gasteiger partial charge in [-0.2, -0.15) is 22.0 Å². The van der Waals surface area contributed by atoms with E-state index < -0.39 is 40.7 Å². The molecule has 0 unspecified atom stereocenters. The average Bonchev–Trinajstić information content (AvgIpc) is 2.43. The summed E-state index contributed by atoms with van der Waals surface area (Å²) in [6, 6.07) is 3.53. The number of hydrogen-bond acceptors (Lipinski definition) is 2. The summed E-state index contributed by atoms with van der Waals surface area (Å²) in [7, 11) is 0. The predicted octanol–water partition coefficient (Wildman–Crippen LogP) is 3.89. The summed E-state index contributed by atoms with van der Waals surface area (Å²) in [4.78, 5) is 22.0. The van der Waals surface area contributed by atoms with Crippen LogP contribution in [-0.4, -0.2) is 28.3 Å². The predicted molar refractivity (Wildman–Crippen MR) is 67.8 cm³/mol. The summed E-state index contributed by atoms with van der Waals surface area (Å²) in [6.45, 7) is 0. The zero-order valence-corrected chi connectivity index (χ0v) is 11.0. The molecular formula is C14H7F5O4. The number of aromatic carboxylic acids is 2. The second-order valence-electron chi connectivity index (χ2n) is 4.64. The number of carboxylic acids is 2. The van der Waals surface area contributed by atoms with Crippen molar-refractivity contribution in [1.29, 1.82) is 0 Å². The summed E-state index contributed by atoms with van der Waals surface area (Å²) in [5.74, 6) is -8.32. The highest BCUT2D eigenvalue weighted by molar-refractivity contribution is 6.06. The van der Waals surface area contributed by atoms with Crippen molar-refractivity contribution < 1.29 is 41.8 Å². The highest BCUT2D eigenvalue weighted by atomic mass is 19.4. The largest absolute Gasteiger partial charge is 0.478 e. The maximum atomic E-state index is 13.3. The fraction of sp³-hybridized carbons (Fsp3) is 0.143. The molecule has 0 spiro atoms.